The van der Waals surface area contributed by atoms with Crippen LogP contribution in [0.3, 0.4) is 0 Å². The lowest BCUT2D eigenvalue weighted by atomic mass is 9.95. The van der Waals surface area contributed by atoms with Crippen LogP contribution in [0, 0.1) is 0 Å². The molecule has 0 radical (unpaired) electrons. The normalized spacial score (nSPS) is 10.8. The maximum absolute atomic E-state index is 13.9. The third-order valence-electron chi connectivity index (χ3n) is 6.06. The summed E-state index contributed by atoms with van der Waals surface area (Å²) in [5.41, 5.74) is 1.64. The number of carbonyl (C=O) groups is 1. The van der Waals surface area contributed by atoms with Crippen LogP contribution in [0.5, 0.6) is 23.0 Å². The van der Waals surface area contributed by atoms with E-state index in [-0.39, 0.29) is 17.8 Å². The van der Waals surface area contributed by atoms with E-state index < -0.39 is 5.97 Å². The second kappa shape index (κ2) is 11.0. The minimum atomic E-state index is -0.661. The van der Waals surface area contributed by atoms with Crippen molar-refractivity contribution in [2.24, 2.45) is 0 Å². The predicted octanol–water partition coefficient (Wildman–Crippen LogP) is 5.30. The average molecular weight is 568 g/mol. The Balaban J connectivity index is 2.21. The molecular formula is C28H26BrNO7. The van der Waals surface area contributed by atoms with E-state index in [9.17, 15) is 9.59 Å². The summed E-state index contributed by atoms with van der Waals surface area (Å²) in [7, 11) is 7.36. The first-order chi connectivity index (χ1) is 17.9. The van der Waals surface area contributed by atoms with Gasteiger partial charge in [0.25, 0.3) is 5.56 Å². The van der Waals surface area contributed by atoms with Gasteiger partial charge < -0.3 is 23.7 Å². The van der Waals surface area contributed by atoms with Crippen molar-refractivity contribution < 1.29 is 28.5 Å². The van der Waals surface area contributed by atoms with Gasteiger partial charge in [0.15, 0.2) is 23.0 Å². The second-order valence-corrected chi connectivity index (χ2v) is 8.89. The molecule has 0 N–H and O–H groups in total. The summed E-state index contributed by atoms with van der Waals surface area (Å²) in [5.74, 6) is 1.07. The molecule has 0 saturated carbocycles. The van der Waals surface area contributed by atoms with Crippen LogP contribution in [0.2, 0.25) is 0 Å². The zero-order chi connectivity index (χ0) is 26.7. The minimum Gasteiger partial charge on any atom is -0.493 e. The van der Waals surface area contributed by atoms with Gasteiger partial charge in [-0.25, -0.2) is 4.79 Å². The van der Waals surface area contributed by atoms with Gasteiger partial charge in [-0.15, -0.1) is 0 Å². The Bertz CT molecular complexity index is 1530. The third-order valence-corrected chi connectivity index (χ3v) is 6.65. The largest absolute Gasteiger partial charge is 0.493 e. The summed E-state index contributed by atoms with van der Waals surface area (Å²) in [4.78, 5) is 27.3. The van der Waals surface area contributed by atoms with Crippen LogP contribution in [-0.4, -0.2) is 46.1 Å². The standard InChI is InChI=1S/C28H26BrNO7/c1-33-21-13-18-19(14-22(21)34-2)27(31)30(15-16-9-7-6-8-10-16)25(28(32)37-5)24(18)17-11-20(29)26(36-4)23(12-17)35-3/h6-14H,15H2,1-5H3. The maximum atomic E-state index is 13.9. The number of nitrogens with zero attached hydrogens (tertiary/aromatic N) is 1. The highest BCUT2D eigenvalue weighted by Crippen LogP contribution is 2.43. The van der Waals surface area contributed by atoms with Gasteiger partial charge in [-0.05, 0) is 51.3 Å². The lowest BCUT2D eigenvalue weighted by molar-refractivity contribution is 0.0588. The lowest BCUT2D eigenvalue weighted by Crippen LogP contribution is -2.28. The molecule has 1 heterocycles. The van der Waals surface area contributed by atoms with Crippen molar-refractivity contribution in [3.05, 3.63) is 80.7 Å². The summed E-state index contributed by atoms with van der Waals surface area (Å²) in [6, 6.07) is 16.3. The molecule has 1 aromatic heterocycles. The summed E-state index contributed by atoms with van der Waals surface area (Å²) in [6.07, 6.45) is 0. The van der Waals surface area contributed by atoms with Gasteiger partial charge >= 0.3 is 5.97 Å². The number of pyridine rings is 1. The van der Waals surface area contributed by atoms with Crippen LogP contribution < -0.4 is 24.5 Å². The van der Waals surface area contributed by atoms with E-state index in [1.54, 1.807) is 24.3 Å². The van der Waals surface area contributed by atoms with E-state index in [1.807, 2.05) is 30.3 Å². The Labute approximate surface area is 222 Å². The van der Waals surface area contributed by atoms with E-state index in [2.05, 4.69) is 15.9 Å². The molecule has 0 bridgehead atoms. The van der Waals surface area contributed by atoms with Crippen molar-refractivity contribution in [3.63, 3.8) is 0 Å². The average Bonchev–Trinajstić information content (AvgIpc) is 2.93. The van der Waals surface area contributed by atoms with Crippen LogP contribution in [0.4, 0.5) is 0 Å². The Morgan fingerprint density at radius 3 is 2.00 bits per heavy atom. The quantitative estimate of drug-likeness (QED) is 0.267. The first-order valence-electron chi connectivity index (χ1n) is 11.2. The number of methoxy groups -OCH3 is 5. The molecule has 0 unspecified atom stereocenters. The highest BCUT2D eigenvalue weighted by Gasteiger charge is 2.27. The molecule has 0 atom stereocenters. The maximum Gasteiger partial charge on any atom is 0.355 e. The molecule has 4 rings (SSSR count). The van der Waals surface area contributed by atoms with Gasteiger partial charge in [0.05, 0.1) is 52.0 Å². The fourth-order valence-corrected chi connectivity index (χ4v) is 4.96. The van der Waals surface area contributed by atoms with Crippen molar-refractivity contribution in [3.8, 4) is 34.1 Å². The number of hydrogen-bond acceptors (Lipinski definition) is 7. The number of fused-ring (bicyclic) bond motifs is 1. The van der Waals surface area contributed by atoms with Crippen molar-refractivity contribution in [1.29, 1.82) is 0 Å². The van der Waals surface area contributed by atoms with Gasteiger partial charge in [-0.3, -0.25) is 9.36 Å². The van der Waals surface area contributed by atoms with Crippen LogP contribution in [0.25, 0.3) is 21.9 Å². The molecule has 0 aliphatic rings. The molecule has 0 saturated heterocycles. The number of rotatable bonds is 8. The Kier molecular flexibility index (Phi) is 7.73. The van der Waals surface area contributed by atoms with Crippen molar-refractivity contribution in [2.75, 3.05) is 35.5 Å². The van der Waals surface area contributed by atoms with Crippen molar-refractivity contribution in [1.82, 2.24) is 4.57 Å². The topological polar surface area (TPSA) is 85.2 Å². The molecule has 0 aliphatic carbocycles. The van der Waals surface area contributed by atoms with Crippen LogP contribution in [-0.2, 0) is 11.3 Å². The summed E-state index contributed by atoms with van der Waals surface area (Å²) in [6.45, 7) is 0.149. The first-order valence-corrected chi connectivity index (χ1v) is 12.0. The number of ether oxygens (including phenoxy) is 5. The SMILES string of the molecule is COC(=O)c1c(-c2cc(Br)c(OC)c(OC)c2)c2cc(OC)c(OC)cc2c(=O)n1Cc1ccccc1. The van der Waals surface area contributed by atoms with E-state index in [4.69, 9.17) is 23.7 Å². The number of halogens is 1. The summed E-state index contributed by atoms with van der Waals surface area (Å²) in [5, 5.41) is 0.841. The van der Waals surface area contributed by atoms with E-state index >= 15 is 0 Å². The summed E-state index contributed by atoms with van der Waals surface area (Å²) >= 11 is 3.54. The van der Waals surface area contributed by atoms with E-state index in [1.165, 1.54) is 40.1 Å². The number of aromatic nitrogens is 1. The number of benzene rings is 3. The predicted molar refractivity (Wildman–Crippen MR) is 144 cm³/mol. The first kappa shape index (κ1) is 26.1. The monoisotopic (exact) mass is 567 g/mol. The molecule has 192 valence electrons. The molecule has 8 nitrogen and oxygen atoms in total. The number of esters is 1. The minimum absolute atomic E-state index is 0.0928. The van der Waals surface area contributed by atoms with Gasteiger partial charge in [0, 0.05) is 10.9 Å². The molecular weight excluding hydrogens is 542 g/mol. The Hall–Kier alpha value is -3.98. The molecule has 3 aromatic carbocycles. The van der Waals surface area contributed by atoms with E-state index in [0.717, 1.165) is 5.56 Å². The Morgan fingerprint density at radius 1 is 0.811 bits per heavy atom. The van der Waals surface area contributed by atoms with Crippen LogP contribution in [0.1, 0.15) is 16.1 Å². The molecule has 37 heavy (non-hydrogen) atoms. The van der Waals surface area contributed by atoms with Crippen LogP contribution >= 0.6 is 15.9 Å². The molecule has 0 spiro atoms. The number of carbonyl (C=O) groups excluding carboxylic acids is 1. The van der Waals surface area contributed by atoms with Gasteiger partial charge in [-0.2, -0.15) is 0 Å². The van der Waals surface area contributed by atoms with Crippen molar-refractivity contribution in [2.45, 2.75) is 6.54 Å². The molecule has 4 aromatic rings. The molecule has 9 heteroatoms. The zero-order valence-corrected chi connectivity index (χ0v) is 22.7. The molecule has 0 fully saturated rings. The smallest absolute Gasteiger partial charge is 0.355 e. The Morgan fingerprint density at radius 2 is 1.43 bits per heavy atom. The fraction of sp³-hybridized carbons (Fsp3) is 0.214. The zero-order valence-electron chi connectivity index (χ0n) is 21.1. The molecule has 0 amide bonds. The highest BCUT2D eigenvalue weighted by molar-refractivity contribution is 9.10. The van der Waals surface area contributed by atoms with Gasteiger partial charge in [0.1, 0.15) is 5.69 Å². The lowest BCUT2D eigenvalue weighted by Gasteiger charge is -2.21. The highest BCUT2D eigenvalue weighted by atomic mass is 79.9. The second-order valence-electron chi connectivity index (χ2n) is 8.04. The third kappa shape index (κ3) is 4.74. The van der Waals surface area contributed by atoms with Crippen LogP contribution in [0.15, 0.2) is 63.9 Å². The van der Waals surface area contributed by atoms with Crippen molar-refractivity contribution >= 4 is 32.7 Å². The fourth-order valence-electron chi connectivity index (χ4n) is 4.35. The number of hydrogen-bond donors (Lipinski definition) is 0. The van der Waals surface area contributed by atoms with E-state index in [0.29, 0.717) is 49.4 Å². The van der Waals surface area contributed by atoms with Gasteiger partial charge in [-0.1, -0.05) is 30.3 Å². The molecule has 0 aliphatic heterocycles. The summed E-state index contributed by atoms with van der Waals surface area (Å²) < 4.78 is 29.3. The van der Waals surface area contributed by atoms with Gasteiger partial charge in [0.2, 0.25) is 0 Å².